The lowest BCUT2D eigenvalue weighted by molar-refractivity contribution is -0.128. The summed E-state index contributed by atoms with van der Waals surface area (Å²) in [5.74, 6) is 1.79. The number of carbonyl (C=O) groups is 2. The molecule has 3 N–H and O–H groups in total. The van der Waals surface area contributed by atoms with Crippen LogP contribution in [0, 0.1) is 12.8 Å². The van der Waals surface area contributed by atoms with Crippen LogP contribution in [0.5, 0.6) is 17.2 Å². The maximum absolute atomic E-state index is 13.3. The van der Waals surface area contributed by atoms with Crippen molar-refractivity contribution in [3.05, 3.63) is 29.7 Å². The summed E-state index contributed by atoms with van der Waals surface area (Å²) in [6.07, 6.45) is 2.88. The summed E-state index contributed by atoms with van der Waals surface area (Å²) in [5, 5.41) is 13.2. The van der Waals surface area contributed by atoms with Crippen LogP contribution in [0.4, 0.5) is 0 Å². The van der Waals surface area contributed by atoms with E-state index in [4.69, 9.17) is 14.2 Å². The van der Waals surface area contributed by atoms with Crippen molar-refractivity contribution < 1.29 is 28.9 Å². The highest BCUT2D eigenvalue weighted by molar-refractivity contribution is 6.09. The van der Waals surface area contributed by atoms with E-state index in [9.17, 15) is 14.7 Å². The number of hydrogen-bond acceptors (Lipinski definition) is 8. The fourth-order valence-corrected chi connectivity index (χ4v) is 4.81. The van der Waals surface area contributed by atoms with Crippen LogP contribution in [0.15, 0.2) is 18.5 Å². The number of hydrogen-bond donors (Lipinski definition) is 3. The predicted molar refractivity (Wildman–Crippen MR) is 128 cm³/mol. The zero-order valence-corrected chi connectivity index (χ0v) is 20.0. The number of fused-ring (bicyclic) bond motifs is 2. The first kappa shape index (κ1) is 22.6. The van der Waals surface area contributed by atoms with E-state index in [2.05, 4.69) is 20.3 Å². The van der Waals surface area contributed by atoms with E-state index in [1.165, 1.54) is 18.2 Å². The standard InChI is InChI=1S/C25H27N5O6/c1-12-19(25(33)29-15-7-30(13(2)31)8-16(15)32)21-23(28-12)22(27-10-26-21)20-17(34-9-14-3-4-14)5-6-18-24(20)36-11-35-18/h5-6,10,14-16,28,32H,3-4,7-9,11H2,1-2H3,(H,29,33)/t15-,16-/m1/s1. The summed E-state index contributed by atoms with van der Waals surface area (Å²) in [5.41, 5.74) is 3.15. The van der Waals surface area contributed by atoms with E-state index in [0.717, 1.165) is 12.8 Å². The summed E-state index contributed by atoms with van der Waals surface area (Å²) in [4.78, 5) is 38.8. The first-order valence-electron chi connectivity index (χ1n) is 12.0. The van der Waals surface area contributed by atoms with Crippen molar-refractivity contribution in [3.63, 3.8) is 0 Å². The van der Waals surface area contributed by atoms with Crippen molar-refractivity contribution in [1.82, 2.24) is 25.2 Å². The Morgan fingerprint density at radius 3 is 2.83 bits per heavy atom. The molecule has 2 amide bonds. The Balaban J connectivity index is 1.38. The number of nitrogens with one attached hydrogen (secondary N) is 2. The van der Waals surface area contributed by atoms with Crippen molar-refractivity contribution >= 4 is 22.8 Å². The number of aromatic amines is 1. The van der Waals surface area contributed by atoms with Gasteiger partial charge in [0.2, 0.25) is 12.7 Å². The van der Waals surface area contributed by atoms with E-state index in [-0.39, 0.29) is 31.7 Å². The molecule has 11 nitrogen and oxygen atoms in total. The first-order chi connectivity index (χ1) is 17.4. The summed E-state index contributed by atoms with van der Waals surface area (Å²) in [6, 6.07) is 3.10. The maximum atomic E-state index is 13.3. The summed E-state index contributed by atoms with van der Waals surface area (Å²) >= 11 is 0. The molecule has 36 heavy (non-hydrogen) atoms. The van der Waals surface area contributed by atoms with Gasteiger partial charge in [-0.1, -0.05) is 0 Å². The molecule has 2 fully saturated rings. The molecule has 0 bridgehead atoms. The topological polar surface area (TPSA) is 139 Å². The van der Waals surface area contributed by atoms with Gasteiger partial charge < -0.3 is 34.5 Å². The number of carbonyl (C=O) groups excluding carboxylic acids is 2. The number of aromatic nitrogens is 3. The van der Waals surface area contributed by atoms with Crippen molar-refractivity contribution in [2.75, 3.05) is 26.5 Å². The molecule has 188 valence electrons. The molecule has 1 aromatic carbocycles. The molecule has 1 saturated carbocycles. The summed E-state index contributed by atoms with van der Waals surface area (Å²) in [6.45, 7) is 4.37. The SMILES string of the molecule is CC(=O)N1C[C@@H](O)[C@H](NC(=O)c2c(C)[nH]c3c(-c4c(OCC5CC5)ccc5c4OCO5)ncnc23)C1. The van der Waals surface area contributed by atoms with Crippen molar-refractivity contribution in [2.45, 2.75) is 38.8 Å². The van der Waals surface area contributed by atoms with Gasteiger partial charge in [0.25, 0.3) is 5.91 Å². The van der Waals surface area contributed by atoms with Gasteiger partial charge in [0, 0.05) is 25.7 Å². The van der Waals surface area contributed by atoms with Crippen LogP contribution >= 0.6 is 0 Å². The van der Waals surface area contributed by atoms with Crippen molar-refractivity contribution in [1.29, 1.82) is 0 Å². The number of aliphatic hydroxyl groups is 1. The third kappa shape index (κ3) is 3.89. The van der Waals surface area contributed by atoms with Gasteiger partial charge in [-0.3, -0.25) is 9.59 Å². The minimum absolute atomic E-state index is 0.0983. The molecule has 3 aromatic rings. The Hall–Kier alpha value is -3.86. The zero-order chi connectivity index (χ0) is 25.0. The van der Waals surface area contributed by atoms with Crippen LogP contribution in [-0.4, -0.2) is 75.4 Å². The van der Waals surface area contributed by atoms with Crippen LogP contribution in [0.3, 0.4) is 0 Å². The third-order valence-corrected chi connectivity index (χ3v) is 6.96. The minimum atomic E-state index is -0.844. The van der Waals surface area contributed by atoms with E-state index in [0.29, 0.717) is 63.3 Å². The fraction of sp³-hybridized carbons (Fsp3) is 0.440. The maximum Gasteiger partial charge on any atom is 0.255 e. The Labute approximate surface area is 206 Å². The molecule has 11 heteroatoms. The molecule has 2 aliphatic heterocycles. The average Bonchev–Trinajstić information content (AvgIpc) is 3.25. The van der Waals surface area contributed by atoms with Crippen LogP contribution < -0.4 is 19.5 Å². The number of aliphatic hydroxyl groups excluding tert-OH is 1. The second-order valence-corrected chi connectivity index (χ2v) is 9.57. The minimum Gasteiger partial charge on any atom is -0.492 e. The van der Waals surface area contributed by atoms with Gasteiger partial charge in [-0.25, -0.2) is 9.97 Å². The molecule has 1 aliphatic carbocycles. The van der Waals surface area contributed by atoms with Crippen molar-refractivity contribution in [2.24, 2.45) is 5.92 Å². The van der Waals surface area contributed by atoms with Crippen LogP contribution in [0.2, 0.25) is 0 Å². The predicted octanol–water partition coefficient (Wildman–Crippen LogP) is 1.77. The van der Waals surface area contributed by atoms with Gasteiger partial charge in [-0.05, 0) is 37.8 Å². The number of H-pyrrole nitrogens is 1. The highest BCUT2D eigenvalue weighted by Crippen LogP contribution is 2.48. The molecular formula is C25H27N5O6. The van der Waals surface area contributed by atoms with E-state index < -0.39 is 12.1 Å². The van der Waals surface area contributed by atoms with Gasteiger partial charge in [0.05, 0.1) is 35.4 Å². The molecule has 2 aromatic heterocycles. The Bertz CT molecular complexity index is 1370. The number of likely N-dealkylation sites (tertiary alicyclic amines) is 1. The summed E-state index contributed by atoms with van der Waals surface area (Å²) < 4.78 is 17.5. The van der Waals surface area contributed by atoms with Gasteiger partial charge >= 0.3 is 0 Å². The normalized spacial score (nSPS) is 20.7. The lowest BCUT2D eigenvalue weighted by Crippen LogP contribution is -2.43. The zero-order valence-electron chi connectivity index (χ0n) is 20.0. The number of rotatable bonds is 6. The highest BCUT2D eigenvalue weighted by atomic mass is 16.7. The Morgan fingerprint density at radius 2 is 2.08 bits per heavy atom. The lowest BCUT2D eigenvalue weighted by Gasteiger charge is -2.16. The molecule has 4 heterocycles. The van der Waals surface area contributed by atoms with Gasteiger partial charge in [0.1, 0.15) is 23.3 Å². The van der Waals surface area contributed by atoms with Gasteiger partial charge in [-0.2, -0.15) is 0 Å². The second-order valence-electron chi connectivity index (χ2n) is 9.57. The molecule has 0 radical (unpaired) electrons. The molecular weight excluding hydrogens is 466 g/mol. The lowest BCUT2D eigenvalue weighted by atomic mass is 10.1. The molecule has 2 atom stereocenters. The molecule has 0 spiro atoms. The second kappa shape index (κ2) is 8.66. The third-order valence-electron chi connectivity index (χ3n) is 6.96. The highest BCUT2D eigenvalue weighted by Gasteiger charge is 2.35. The number of β-amino-alcohol motifs (C(OH)–C–C–N with tert-alkyl or cyclic N) is 1. The average molecular weight is 494 g/mol. The molecule has 1 saturated heterocycles. The molecule has 0 unspecified atom stereocenters. The van der Waals surface area contributed by atoms with Crippen molar-refractivity contribution in [3.8, 4) is 28.5 Å². The number of amides is 2. The van der Waals surface area contributed by atoms with Crippen LogP contribution in [0.25, 0.3) is 22.3 Å². The monoisotopic (exact) mass is 493 g/mol. The number of ether oxygens (including phenoxy) is 3. The quantitative estimate of drug-likeness (QED) is 0.472. The van der Waals surface area contributed by atoms with E-state index in [1.807, 2.05) is 12.1 Å². The van der Waals surface area contributed by atoms with Crippen LogP contribution in [0.1, 0.15) is 35.8 Å². The molecule has 6 rings (SSSR count). The Morgan fingerprint density at radius 1 is 1.25 bits per heavy atom. The summed E-state index contributed by atoms with van der Waals surface area (Å²) in [7, 11) is 0. The molecule has 3 aliphatic rings. The number of aryl methyl sites for hydroxylation is 1. The Kier molecular flexibility index (Phi) is 5.44. The number of nitrogens with zero attached hydrogens (tertiary/aromatic N) is 3. The van der Waals surface area contributed by atoms with Gasteiger partial charge in [-0.15, -0.1) is 0 Å². The van der Waals surface area contributed by atoms with E-state index >= 15 is 0 Å². The first-order valence-corrected chi connectivity index (χ1v) is 12.0. The fourth-order valence-electron chi connectivity index (χ4n) is 4.81. The van der Waals surface area contributed by atoms with E-state index in [1.54, 1.807) is 6.92 Å². The smallest absolute Gasteiger partial charge is 0.255 e. The largest absolute Gasteiger partial charge is 0.492 e. The number of benzene rings is 1. The van der Waals surface area contributed by atoms with Gasteiger partial charge in [0.15, 0.2) is 11.5 Å². The van der Waals surface area contributed by atoms with Crippen LogP contribution in [-0.2, 0) is 4.79 Å².